The van der Waals surface area contributed by atoms with Gasteiger partial charge in [-0.2, -0.15) is 0 Å². The molecule has 1 fully saturated rings. The second-order valence-corrected chi connectivity index (χ2v) is 8.06. The van der Waals surface area contributed by atoms with Gasteiger partial charge in [-0.05, 0) is 65.8 Å². The van der Waals surface area contributed by atoms with Crippen molar-refractivity contribution in [2.75, 3.05) is 0 Å². The van der Waals surface area contributed by atoms with Crippen molar-refractivity contribution < 1.29 is 17.6 Å². The second-order valence-electron chi connectivity index (χ2n) is 7.14. The van der Waals surface area contributed by atoms with Crippen LogP contribution in [0, 0.1) is 23.3 Å². The molecule has 3 aromatic rings. The van der Waals surface area contributed by atoms with Gasteiger partial charge in [0, 0.05) is 4.47 Å². The highest BCUT2D eigenvalue weighted by Crippen LogP contribution is 2.33. The Kier molecular flexibility index (Phi) is 7.48. The zero-order chi connectivity index (χ0) is 20.8. The summed E-state index contributed by atoms with van der Waals surface area (Å²) in [6.45, 7) is 0. The summed E-state index contributed by atoms with van der Waals surface area (Å²) in [5.74, 6) is -2.57. The molecule has 5 heteroatoms. The smallest absolute Gasteiger partial charge is 0.159 e. The summed E-state index contributed by atoms with van der Waals surface area (Å²) >= 11 is 2.99. The summed E-state index contributed by atoms with van der Waals surface area (Å²) in [4.78, 5) is 0. The van der Waals surface area contributed by atoms with Gasteiger partial charge in [0.05, 0.1) is 0 Å². The van der Waals surface area contributed by atoms with Crippen molar-refractivity contribution in [1.29, 1.82) is 0 Å². The topological polar surface area (TPSA) is 0 Å². The Balaban J connectivity index is 0.000000224. The predicted molar refractivity (Wildman–Crippen MR) is 112 cm³/mol. The van der Waals surface area contributed by atoms with E-state index in [-0.39, 0.29) is 0 Å². The van der Waals surface area contributed by atoms with Crippen molar-refractivity contribution in [2.45, 2.75) is 38.0 Å². The summed E-state index contributed by atoms with van der Waals surface area (Å²) in [7, 11) is 0. The highest BCUT2D eigenvalue weighted by molar-refractivity contribution is 9.10. The summed E-state index contributed by atoms with van der Waals surface area (Å²) in [5, 5.41) is 0. The quantitative estimate of drug-likeness (QED) is 0.263. The molecular weight excluding hydrogens is 444 g/mol. The van der Waals surface area contributed by atoms with Crippen molar-refractivity contribution in [1.82, 2.24) is 0 Å². The molecule has 0 aromatic heterocycles. The van der Waals surface area contributed by atoms with Crippen molar-refractivity contribution in [3.8, 4) is 11.1 Å². The average molecular weight is 465 g/mol. The standard InChI is InChI=1S/C18H18F2.C6H3BrF2/c19-17-11-10-16(12-18(17)20)15-8-6-14(7-9-15)13-4-2-1-3-5-13;7-4-1-2-5(8)6(9)3-4/h6-13H,1-5H2;1-3H. The second kappa shape index (κ2) is 10.1. The van der Waals surface area contributed by atoms with Crippen molar-refractivity contribution in [2.24, 2.45) is 0 Å². The first-order valence-electron chi connectivity index (χ1n) is 9.60. The summed E-state index contributed by atoms with van der Waals surface area (Å²) < 4.78 is 51.0. The van der Waals surface area contributed by atoms with Crippen LogP contribution in [-0.2, 0) is 0 Å². The molecule has 1 aliphatic rings. The van der Waals surface area contributed by atoms with Crippen molar-refractivity contribution in [3.63, 3.8) is 0 Å². The molecule has 4 rings (SSSR count). The number of rotatable bonds is 2. The van der Waals surface area contributed by atoms with Gasteiger partial charge in [-0.1, -0.05) is 65.5 Å². The third-order valence-electron chi connectivity index (χ3n) is 5.12. The highest BCUT2D eigenvalue weighted by atomic mass is 79.9. The van der Waals surface area contributed by atoms with Crippen molar-refractivity contribution in [3.05, 3.63) is 94.0 Å². The van der Waals surface area contributed by atoms with E-state index >= 15 is 0 Å². The van der Waals surface area contributed by atoms with E-state index in [1.807, 2.05) is 12.1 Å². The Bertz CT molecular complexity index is 948. The summed E-state index contributed by atoms with van der Waals surface area (Å²) in [6.07, 6.45) is 6.52. The summed E-state index contributed by atoms with van der Waals surface area (Å²) in [6, 6.07) is 15.9. The van der Waals surface area contributed by atoms with Gasteiger partial charge >= 0.3 is 0 Å². The van der Waals surface area contributed by atoms with Crippen LogP contribution in [0.4, 0.5) is 17.6 Å². The molecular formula is C24H21BrF4. The van der Waals surface area contributed by atoms with Gasteiger partial charge in [-0.25, -0.2) is 17.6 Å². The lowest BCUT2D eigenvalue weighted by atomic mass is 9.84. The maximum atomic E-state index is 13.3. The van der Waals surface area contributed by atoms with Gasteiger partial charge in [-0.15, -0.1) is 0 Å². The molecule has 3 aromatic carbocycles. The third-order valence-corrected chi connectivity index (χ3v) is 5.62. The van der Waals surface area contributed by atoms with E-state index < -0.39 is 23.3 Å². The van der Waals surface area contributed by atoms with Crippen LogP contribution in [0.5, 0.6) is 0 Å². The van der Waals surface area contributed by atoms with E-state index in [9.17, 15) is 17.6 Å². The largest absolute Gasteiger partial charge is 0.204 e. The zero-order valence-corrected chi connectivity index (χ0v) is 17.4. The zero-order valence-electron chi connectivity index (χ0n) is 15.8. The molecule has 0 atom stereocenters. The van der Waals surface area contributed by atoms with Crippen LogP contribution in [0.2, 0.25) is 0 Å². The van der Waals surface area contributed by atoms with Crippen LogP contribution in [0.25, 0.3) is 11.1 Å². The van der Waals surface area contributed by atoms with E-state index in [1.54, 1.807) is 6.07 Å². The van der Waals surface area contributed by atoms with E-state index in [1.165, 1.54) is 55.9 Å². The number of benzene rings is 3. The SMILES string of the molecule is Fc1ccc(-c2ccc(C3CCCCC3)cc2)cc1F.Fc1ccc(Br)cc1F. The Morgan fingerprint density at radius 2 is 1.14 bits per heavy atom. The molecule has 0 heterocycles. The molecule has 0 amide bonds. The van der Waals surface area contributed by atoms with E-state index in [0.29, 0.717) is 10.4 Å². The fourth-order valence-corrected chi connectivity index (χ4v) is 3.86. The van der Waals surface area contributed by atoms with Crippen LogP contribution >= 0.6 is 15.9 Å². The fraction of sp³-hybridized carbons (Fsp3) is 0.250. The minimum Gasteiger partial charge on any atom is -0.204 e. The Morgan fingerprint density at radius 3 is 1.69 bits per heavy atom. The maximum Gasteiger partial charge on any atom is 0.159 e. The van der Waals surface area contributed by atoms with Crippen LogP contribution in [0.1, 0.15) is 43.6 Å². The minimum absolute atomic E-state index is 0.543. The summed E-state index contributed by atoms with van der Waals surface area (Å²) in [5.41, 5.74) is 3.03. The Labute approximate surface area is 176 Å². The van der Waals surface area contributed by atoms with Gasteiger partial charge in [0.2, 0.25) is 0 Å². The van der Waals surface area contributed by atoms with E-state index in [4.69, 9.17) is 0 Å². The average Bonchev–Trinajstić information content (AvgIpc) is 2.74. The van der Waals surface area contributed by atoms with Gasteiger partial charge < -0.3 is 0 Å². The van der Waals surface area contributed by atoms with Gasteiger partial charge in [0.1, 0.15) is 0 Å². The molecule has 0 bridgehead atoms. The van der Waals surface area contributed by atoms with Crippen molar-refractivity contribution >= 4 is 15.9 Å². The molecule has 29 heavy (non-hydrogen) atoms. The van der Waals surface area contributed by atoms with E-state index in [0.717, 1.165) is 23.3 Å². The molecule has 1 aliphatic carbocycles. The first-order valence-corrected chi connectivity index (χ1v) is 10.4. The normalized spacial score (nSPS) is 14.2. The molecule has 0 unspecified atom stereocenters. The van der Waals surface area contributed by atoms with Gasteiger partial charge in [0.25, 0.3) is 0 Å². The lowest BCUT2D eigenvalue weighted by molar-refractivity contribution is 0.443. The lowest BCUT2D eigenvalue weighted by Gasteiger charge is -2.22. The molecule has 152 valence electrons. The number of hydrogen-bond acceptors (Lipinski definition) is 0. The van der Waals surface area contributed by atoms with Gasteiger partial charge in [0.15, 0.2) is 23.3 Å². The molecule has 0 radical (unpaired) electrons. The van der Waals surface area contributed by atoms with Gasteiger partial charge in [-0.3, -0.25) is 0 Å². The minimum atomic E-state index is -0.829. The van der Waals surface area contributed by atoms with Crippen LogP contribution in [0.15, 0.2) is 65.1 Å². The molecule has 0 nitrogen and oxygen atoms in total. The third kappa shape index (κ3) is 5.92. The number of halogens is 5. The molecule has 0 saturated heterocycles. The van der Waals surface area contributed by atoms with Crippen LogP contribution in [0.3, 0.4) is 0 Å². The monoisotopic (exact) mass is 464 g/mol. The first kappa shape index (κ1) is 21.6. The maximum absolute atomic E-state index is 13.3. The highest BCUT2D eigenvalue weighted by Gasteiger charge is 2.15. The first-order chi connectivity index (χ1) is 13.9. The van der Waals surface area contributed by atoms with E-state index in [2.05, 4.69) is 28.1 Å². The molecule has 0 spiro atoms. The molecule has 0 N–H and O–H groups in total. The van der Waals surface area contributed by atoms with Crippen LogP contribution in [-0.4, -0.2) is 0 Å². The predicted octanol–water partition coefficient (Wildman–Crippen LogP) is 8.41. The molecule has 0 aliphatic heterocycles. The lowest BCUT2D eigenvalue weighted by Crippen LogP contribution is -2.04. The Hall–Kier alpha value is -2.14. The van der Waals surface area contributed by atoms with Crippen LogP contribution < -0.4 is 0 Å². The molecule has 1 saturated carbocycles. The number of hydrogen-bond donors (Lipinski definition) is 0. The fourth-order valence-electron chi connectivity index (χ4n) is 3.53. The Morgan fingerprint density at radius 1 is 0.586 bits per heavy atom.